The predicted molar refractivity (Wildman–Crippen MR) is 98.3 cm³/mol. The summed E-state index contributed by atoms with van der Waals surface area (Å²) in [5.41, 5.74) is 1.64. The Morgan fingerprint density at radius 3 is 2.46 bits per heavy atom. The Morgan fingerprint density at radius 1 is 1.23 bits per heavy atom. The van der Waals surface area contributed by atoms with E-state index in [-0.39, 0.29) is 11.4 Å². The standard InChI is InChI=1S/C20H25N3O3/c1-13(18(24)21-20(2,3)4)26-19(25)17-12-16(14-10-11-14)22-23(17)15-8-6-5-7-9-15/h5-9,12-14H,10-11H2,1-4H3,(H,21,24)/t13-/m0/s1. The number of amides is 1. The van der Waals surface area contributed by atoms with Gasteiger partial charge in [0.25, 0.3) is 5.91 Å². The minimum atomic E-state index is -0.884. The smallest absolute Gasteiger partial charge is 0.357 e. The van der Waals surface area contributed by atoms with Gasteiger partial charge < -0.3 is 10.1 Å². The Balaban J connectivity index is 1.81. The second-order valence-corrected chi connectivity index (χ2v) is 7.76. The molecule has 1 N–H and O–H groups in total. The highest BCUT2D eigenvalue weighted by Gasteiger charge is 2.30. The lowest BCUT2D eigenvalue weighted by Crippen LogP contribution is -2.46. The van der Waals surface area contributed by atoms with Crippen LogP contribution in [0.4, 0.5) is 0 Å². The molecule has 138 valence electrons. The number of benzene rings is 1. The van der Waals surface area contributed by atoms with Crippen molar-refractivity contribution < 1.29 is 14.3 Å². The number of hydrogen-bond acceptors (Lipinski definition) is 4. The molecule has 1 atom stereocenters. The third-order valence-corrected chi connectivity index (χ3v) is 4.09. The summed E-state index contributed by atoms with van der Waals surface area (Å²) in [5, 5.41) is 7.41. The number of carbonyl (C=O) groups is 2. The lowest BCUT2D eigenvalue weighted by atomic mass is 10.1. The first kappa shape index (κ1) is 18.2. The van der Waals surface area contributed by atoms with Gasteiger partial charge in [-0.3, -0.25) is 4.79 Å². The van der Waals surface area contributed by atoms with Crippen LogP contribution >= 0.6 is 0 Å². The van der Waals surface area contributed by atoms with Crippen LogP contribution in [0.5, 0.6) is 0 Å². The van der Waals surface area contributed by atoms with Gasteiger partial charge in [0.05, 0.1) is 11.4 Å². The van der Waals surface area contributed by atoms with Gasteiger partial charge in [-0.15, -0.1) is 0 Å². The van der Waals surface area contributed by atoms with Crippen molar-refractivity contribution in [2.24, 2.45) is 0 Å². The summed E-state index contributed by atoms with van der Waals surface area (Å²) in [7, 11) is 0. The van der Waals surface area contributed by atoms with Crippen molar-refractivity contribution in [3.8, 4) is 5.69 Å². The molecule has 3 rings (SSSR count). The van der Waals surface area contributed by atoms with Crippen molar-refractivity contribution >= 4 is 11.9 Å². The van der Waals surface area contributed by atoms with Gasteiger partial charge in [0.1, 0.15) is 0 Å². The molecule has 1 saturated carbocycles. The van der Waals surface area contributed by atoms with Crippen LogP contribution in [-0.2, 0) is 9.53 Å². The average Bonchev–Trinajstić information content (AvgIpc) is 3.32. The second kappa shape index (κ2) is 6.94. The quantitative estimate of drug-likeness (QED) is 0.836. The maximum absolute atomic E-state index is 12.7. The molecule has 1 heterocycles. The van der Waals surface area contributed by atoms with E-state index in [9.17, 15) is 9.59 Å². The van der Waals surface area contributed by atoms with E-state index in [0.717, 1.165) is 24.2 Å². The van der Waals surface area contributed by atoms with Crippen LogP contribution in [0.25, 0.3) is 5.69 Å². The van der Waals surface area contributed by atoms with Crippen LogP contribution in [0, 0.1) is 0 Å². The van der Waals surface area contributed by atoms with Crippen molar-refractivity contribution in [2.75, 3.05) is 0 Å². The van der Waals surface area contributed by atoms with Gasteiger partial charge in [0, 0.05) is 11.5 Å². The zero-order chi connectivity index (χ0) is 18.9. The van der Waals surface area contributed by atoms with Crippen LogP contribution in [0.1, 0.15) is 62.6 Å². The Kier molecular flexibility index (Phi) is 4.85. The van der Waals surface area contributed by atoms with Crippen LogP contribution < -0.4 is 5.32 Å². The van der Waals surface area contributed by atoms with Gasteiger partial charge in [-0.25, -0.2) is 9.48 Å². The van der Waals surface area contributed by atoms with Crippen molar-refractivity contribution in [1.82, 2.24) is 15.1 Å². The third kappa shape index (κ3) is 4.31. The topological polar surface area (TPSA) is 73.2 Å². The zero-order valence-electron chi connectivity index (χ0n) is 15.7. The first-order valence-corrected chi connectivity index (χ1v) is 8.93. The van der Waals surface area contributed by atoms with E-state index in [1.54, 1.807) is 17.7 Å². The summed E-state index contributed by atoms with van der Waals surface area (Å²) in [6, 6.07) is 11.2. The number of nitrogens with zero attached hydrogens (tertiary/aromatic N) is 2. The minimum absolute atomic E-state index is 0.320. The number of para-hydroxylation sites is 1. The first-order valence-electron chi connectivity index (χ1n) is 8.93. The van der Waals surface area contributed by atoms with E-state index in [1.807, 2.05) is 51.1 Å². The second-order valence-electron chi connectivity index (χ2n) is 7.76. The van der Waals surface area contributed by atoms with Crippen LogP contribution in [0.3, 0.4) is 0 Å². The number of ether oxygens (including phenoxy) is 1. The molecule has 0 bridgehead atoms. The monoisotopic (exact) mass is 355 g/mol. The van der Waals surface area contributed by atoms with E-state index in [4.69, 9.17) is 4.74 Å². The molecule has 2 aromatic rings. The number of aromatic nitrogens is 2. The molecular weight excluding hydrogens is 330 g/mol. The van der Waals surface area contributed by atoms with Gasteiger partial charge in [-0.1, -0.05) is 18.2 Å². The molecule has 0 saturated heterocycles. The lowest BCUT2D eigenvalue weighted by molar-refractivity contribution is -0.130. The summed E-state index contributed by atoms with van der Waals surface area (Å²) < 4.78 is 7.01. The molecule has 1 aliphatic rings. The summed E-state index contributed by atoms with van der Waals surface area (Å²) in [6.45, 7) is 7.22. The molecule has 0 radical (unpaired) electrons. The molecule has 0 aliphatic heterocycles. The SMILES string of the molecule is C[C@H](OC(=O)c1cc(C2CC2)nn1-c1ccccc1)C(=O)NC(C)(C)C. The zero-order valence-corrected chi connectivity index (χ0v) is 15.7. The maximum atomic E-state index is 12.7. The van der Waals surface area contributed by atoms with Gasteiger partial charge in [-0.2, -0.15) is 5.10 Å². The van der Waals surface area contributed by atoms with Crippen molar-refractivity contribution in [2.45, 2.75) is 58.1 Å². The van der Waals surface area contributed by atoms with Crippen molar-refractivity contribution in [3.63, 3.8) is 0 Å². The Hall–Kier alpha value is -2.63. The fourth-order valence-electron chi connectivity index (χ4n) is 2.64. The fraction of sp³-hybridized carbons (Fsp3) is 0.450. The molecule has 1 aromatic heterocycles. The van der Waals surface area contributed by atoms with Crippen molar-refractivity contribution in [1.29, 1.82) is 0 Å². The highest BCUT2D eigenvalue weighted by Crippen LogP contribution is 2.39. The minimum Gasteiger partial charge on any atom is -0.448 e. The van der Waals surface area contributed by atoms with E-state index in [1.165, 1.54) is 0 Å². The number of nitrogens with one attached hydrogen (secondary N) is 1. The van der Waals surface area contributed by atoms with Crippen LogP contribution in [-0.4, -0.2) is 33.3 Å². The number of hydrogen-bond donors (Lipinski definition) is 1. The first-order chi connectivity index (χ1) is 12.2. The molecule has 26 heavy (non-hydrogen) atoms. The lowest BCUT2D eigenvalue weighted by Gasteiger charge is -2.23. The van der Waals surface area contributed by atoms with E-state index in [0.29, 0.717) is 11.6 Å². The molecular formula is C20H25N3O3. The molecule has 6 nitrogen and oxygen atoms in total. The van der Waals surface area contributed by atoms with Gasteiger partial charge >= 0.3 is 5.97 Å². The summed E-state index contributed by atoms with van der Waals surface area (Å²) in [5.74, 6) is -0.461. The van der Waals surface area contributed by atoms with Crippen molar-refractivity contribution in [3.05, 3.63) is 47.8 Å². The molecule has 6 heteroatoms. The molecule has 1 fully saturated rings. The molecule has 1 aromatic carbocycles. The van der Waals surface area contributed by atoms with Gasteiger partial charge in [0.2, 0.25) is 0 Å². The Bertz CT molecular complexity index is 801. The normalized spacial score (nSPS) is 15.4. The summed E-state index contributed by atoms with van der Waals surface area (Å²) >= 11 is 0. The third-order valence-electron chi connectivity index (χ3n) is 4.09. The predicted octanol–water partition coefficient (Wildman–Crippen LogP) is 3.21. The molecule has 0 unspecified atom stereocenters. The molecule has 1 aliphatic carbocycles. The van der Waals surface area contributed by atoms with Gasteiger partial charge in [-0.05, 0) is 58.7 Å². The van der Waals surface area contributed by atoms with Gasteiger partial charge in [0.15, 0.2) is 11.8 Å². The largest absolute Gasteiger partial charge is 0.448 e. The van der Waals surface area contributed by atoms with Crippen LogP contribution in [0.15, 0.2) is 36.4 Å². The molecule has 1 amide bonds. The molecule has 0 spiro atoms. The summed E-state index contributed by atoms with van der Waals surface area (Å²) in [6.07, 6.45) is 1.29. The van der Waals surface area contributed by atoms with Crippen LogP contribution in [0.2, 0.25) is 0 Å². The summed E-state index contributed by atoms with van der Waals surface area (Å²) in [4.78, 5) is 24.9. The van der Waals surface area contributed by atoms with E-state index in [2.05, 4.69) is 10.4 Å². The highest BCUT2D eigenvalue weighted by molar-refractivity contribution is 5.91. The van der Waals surface area contributed by atoms with E-state index < -0.39 is 12.1 Å². The average molecular weight is 355 g/mol. The van der Waals surface area contributed by atoms with E-state index >= 15 is 0 Å². The number of rotatable bonds is 5. The fourth-order valence-corrected chi connectivity index (χ4v) is 2.64. The Morgan fingerprint density at radius 2 is 1.88 bits per heavy atom. The number of esters is 1. The maximum Gasteiger partial charge on any atom is 0.357 e. The Labute approximate surface area is 153 Å². The number of carbonyl (C=O) groups excluding carboxylic acids is 2. The highest BCUT2D eigenvalue weighted by atomic mass is 16.5.